The zero-order valence-corrected chi connectivity index (χ0v) is 9.51. The molecular formula is C11H10FN5O. The Labute approximate surface area is 102 Å². The highest BCUT2D eigenvalue weighted by molar-refractivity contribution is 6.04. The van der Waals surface area contributed by atoms with Crippen LogP contribution in [0.4, 0.5) is 16.0 Å². The van der Waals surface area contributed by atoms with Crippen LogP contribution in [0.5, 0.6) is 0 Å². The smallest absolute Gasteiger partial charge is 0.261 e. The van der Waals surface area contributed by atoms with Crippen molar-refractivity contribution in [3.8, 4) is 0 Å². The van der Waals surface area contributed by atoms with E-state index in [0.29, 0.717) is 11.3 Å². The third-order valence-electron chi connectivity index (χ3n) is 2.23. The number of nitrogens with zero attached hydrogens (tertiary/aromatic N) is 3. The Hall–Kier alpha value is -2.57. The lowest BCUT2D eigenvalue weighted by atomic mass is 10.1. The third kappa shape index (κ3) is 2.40. The normalized spacial score (nSPS) is 10.1. The Morgan fingerprint density at radius 2 is 2.17 bits per heavy atom. The number of halogens is 1. The van der Waals surface area contributed by atoms with E-state index in [2.05, 4.69) is 20.5 Å². The molecule has 1 aromatic heterocycles. The summed E-state index contributed by atoms with van der Waals surface area (Å²) in [6.45, 7) is 1.53. The Morgan fingerprint density at radius 3 is 2.83 bits per heavy atom. The van der Waals surface area contributed by atoms with Crippen LogP contribution in [-0.2, 0) is 0 Å². The van der Waals surface area contributed by atoms with Gasteiger partial charge in [-0.25, -0.2) is 9.37 Å². The van der Waals surface area contributed by atoms with Crippen molar-refractivity contribution in [2.24, 2.45) is 0 Å². The van der Waals surface area contributed by atoms with Gasteiger partial charge in [0.2, 0.25) is 5.95 Å². The summed E-state index contributed by atoms with van der Waals surface area (Å²) in [5, 5.41) is 9.45. The van der Waals surface area contributed by atoms with E-state index in [1.165, 1.54) is 31.5 Å². The van der Waals surface area contributed by atoms with E-state index in [9.17, 15) is 9.18 Å². The average Bonchev–Trinajstić information content (AvgIpc) is 2.35. The topological polar surface area (TPSA) is 93.8 Å². The molecule has 0 saturated carbocycles. The fourth-order valence-corrected chi connectivity index (χ4v) is 1.44. The quantitative estimate of drug-likeness (QED) is 0.776. The Kier molecular flexibility index (Phi) is 3.13. The van der Waals surface area contributed by atoms with Gasteiger partial charge in [-0.1, -0.05) is 0 Å². The first kappa shape index (κ1) is 11.9. The first-order valence-corrected chi connectivity index (χ1v) is 5.08. The van der Waals surface area contributed by atoms with E-state index in [4.69, 9.17) is 5.73 Å². The van der Waals surface area contributed by atoms with Gasteiger partial charge < -0.3 is 5.73 Å². The van der Waals surface area contributed by atoms with E-state index in [0.717, 1.165) is 0 Å². The molecule has 2 rings (SSSR count). The van der Waals surface area contributed by atoms with Gasteiger partial charge in [-0.3, -0.25) is 10.1 Å². The first-order chi connectivity index (χ1) is 8.58. The Morgan fingerprint density at radius 1 is 1.39 bits per heavy atom. The van der Waals surface area contributed by atoms with E-state index in [1.807, 2.05) is 0 Å². The number of hydrogen-bond acceptors (Lipinski definition) is 5. The fraction of sp³-hybridized carbons (Fsp3) is 0.0909. The van der Waals surface area contributed by atoms with Crippen LogP contribution in [0.3, 0.4) is 0 Å². The fourth-order valence-electron chi connectivity index (χ4n) is 1.44. The predicted molar refractivity (Wildman–Crippen MR) is 63.3 cm³/mol. The van der Waals surface area contributed by atoms with Gasteiger partial charge in [-0.2, -0.15) is 5.10 Å². The molecule has 0 radical (unpaired) electrons. The standard InChI is InChI=1S/C11H10FN5O/c1-6-4-7(13)5-8(9(6)12)10(18)16-11-14-2-3-15-17-11/h2-5H,13H2,1H3,(H,14,16,17,18). The number of nitrogens with one attached hydrogen (secondary N) is 1. The van der Waals surface area contributed by atoms with Gasteiger partial charge in [0.15, 0.2) is 0 Å². The maximum atomic E-state index is 13.8. The monoisotopic (exact) mass is 247 g/mol. The van der Waals surface area contributed by atoms with E-state index < -0.39 is 11.7 Å². The van der Waals surface area contributed by atoms with Crippen molar-refractivity contribution in [3.63, 3.8) is 0 Å². The van der Waals surface area contributed by atoms with Crippen LogP contribution in [0.1, 0.15) is 15.9 Å². The summed E-state index contributed by atoms with van der Waals surface area (Å²) in [6, 6.07) is 2.71. The number of nitrogens with two attached hydrogens (primary N) is 1. The summed E-state index contributed by atoms with van der Waals surface area (Å²) in [7, 11) is 0. The second kappa shape index (κ2) is 4.74. The molecule has 3 N–H and O–H groups in total. The minimum absolute atomic E-state index is 0.00183. The van der Waals surface area contributed by atoms with Crippen molar-refractivity contribution in [2.75, 3.05) is 11.1 Å². The van der Waals surface area contributed by atoms with E-state index >= 15 is 0 Å². The summed E-state index contributed by atoms with van der Waals surface area (Å²) >= 11 is 0. The summed E-state index contributed by atoms with van der Waals surface area (Å²) in [6.07, 6.45) is 2.73. The molecule has 1 aromatic carbocycles. The third-order valence-corrected chi connectivity index (χ3v) is 2.23. The highest BCUT2D eigenvalue weighted by Crippen LogP contribution is 2.17. The summed E-state index contributed by atoms with van der Waals surface area (Å²) in [5.41, 5.74) is 6.03. The molecule has 6 nitrogen and oxygen atoms in total. The lowest BCUT2D eigenvalue weighted by molar-refractivity contribution is 0.102. The van der Waals surface area contributed by atoms with Crippen molar-refractivity contribution >= 4 is 17.5 Å². The zero-order valence-electron chi connectivity index (χ0n) is 9.51. The van der Waals surface area contributed by atoms with Gasteiger partial charge in [0, 0.05) is 5.69 Å². The number of carbonyl (C=O) groups is 1. The van der Waals surface area contributed by atoms with Crippen LogP contribution >= 0.6 is 0 Å². The maximum Gasteiger partial charge on any atom is 0.261 e. The number of rotatable bonds is 2. The second-order valence-corrected chi connectivity index (χ2v) is 3.62. The number of amides is 1. The maximum absolute atomic E-state index is 13.8. The molecule has 0 saturated heterocycles. The molecule has 0 fully saturated rings. The molecule has 2 aromatic rings. The van der Waals surface area contributed by atoms with Gasteiger partial charge in [-0.15, -0.1) is 5.10 Å². The van der Waals surface area contributed by atoms with Crippen molar-refractivity contribution in [1.82, 2.24) is 15.2 Å². The van der Waals surface area contributed by atoms with Gasteiger partial charge in [-0.05, 0) is 24.6 Å². The molecule has 0 aliphatic rings. The van der Waals surface area contributed by atoms with Gasteiger partial charge in [0.25, 0.3) is 5.91 Å². The summed E-state index contributed by atoms with van der Waals surface area (Å²) in [4.78, 5) is 15.6. The predicted octanol–water partition coefficient (Wildman–Crippen LogP) is 1.15. The largest absolute Gasteiger partial charge is 0.399 e. The number of aryl methyl sites for hydroxylation is 1. The molecule has 0 aliphatic heterocycles. The second-order valence-electron chi connectivity index (χ2n) is 3.62. The van der Waals surface area contributed by atoms with Crippen LogP contribution in [0.15, 0.2) is 24.5 Å². The van der Waals surface area contributed by atoms with Crippen molar-refractivity contribution in [3.05, 3.63) is 41.5 Å². The zero-order chi connectivity index (χ0) is 13.1. The molecular weight excluding hydrogens is 237 g/mol. The molecule has 0 atom stereocenters. The molecule has 0 aliphatic carbocycles. The molecule has 1 amide bonds. The van der Waals surface area contributed by atoms with Crippen LogP contribution in [-0.4, -0.2) is 21.1 Å². The number of carbonyl (C=O) groups excluding carboxylic acids is 1. The molecule has 1 heterocycles. The van der Waals surface area contributed by atoms with E-state index in [-0.39, 0.29) is 11.5 Å². The van der Waals surface area contributed by atoms with Gasteiger partial charge >= 0.3 is 0 Å². The van der Waals surface area contributed by atoms with Crippen LogP contribution < -0.4 is 11.1 Å². The molecule has 18 heavy (non-hydrogen) atoms. The number of anilines is 2. The molecule has 7 heteroatoms. The van der Waals surface area contributed by atoms with Gasteiger partial charge in [0.1, 0.15) is 5.82 Å². The van der Waals surface area contributed by atoms with Crippen molar-refractivity contribution in [1.29, 1.82) is 0 Å². The Balaban J connectivity index is 2.30. The van der Waals surface area contributed by atoms with Crippen molar-refractivity contribution in [2.45, 2.75) is 6.92 Å². The van der Waals surface area contributed by atoms with E-state index in [1.54, 1.807) is 0 Å². The van der Waals surface area contributed by atoms with Crippen LogP contribution in [0.2, 0.25) is 0 Å². The Bertz CT molecular complexity index is 587. The number of nitrogen functional groups attached to an aromatic ring is 1. The number of hydrogen-bond donors (Lipinski definition) is 2. The minimum atomic E-state index is -0.670. The molecule has 0 bridgehead atoms. The highest BCUT2D eigenvalue weighted by Gasteiger charge is 2.15. The summed E-state index contributed by atoms with van der Waals surface area (Å²) in [5.74, 6) is -1.29. The number of aromatic nitrogens is 3. The SMILES string of the molecule is Cc1cc(N)cc(C(=O)Nc2nccnn2)c1F. The lowest BCUT2D eigenvalue weighted by Gasteiger charge is -2.07. The highest BCUT2D eigenvalue weighted by atomic mass is 19.1. The molecule has 0 spiro atoms. The van der Waals surface area contributed by atoms with Crippen LogP contribution in [0, 0.1) is 12.7 Å². The lowest BCUT2D eigenvalue weighted by Crippen LogP contribution is -2.17. The van der Waals surface area contributed by atoms with Crippen molar-refractivity contribution < 1.29 is 9.18 Å². The first-order valence-electron chi connectivity index (χ1n) is 5.08. The average molecular weight is 247 g/mol. The minimum Gasteiger partial charge on any atom is -0.399 e. The van der Waals surface area contributed by atoms with Gasteiger partial charge in [0.05, 0.1) is 18.0 Å². The van der Waals surface area contributed by atoms with Crippen LogP contribution in [0.25, 0.3) is 0 Å². The number of benzene rings is 1. The molecule has 0 unspecified atom stereocenters. The molecule has 92 valence electrons. The summed E-state index contributed by atoms with van der Waals surface area (Å²) < 4.78 is 13.8.